The molecule has 8 nitrogen and oxygen atoms in total. The van der Waals surface area contributed by atoms with Crippen LogP contribution in [-0.4, -0.2) is 30.5 Å². The van der Waals surface area contributed by atoms with Crippen LogP contribution in [0.4, 0.5) is 11.4 Å². The number of hydrogen-bond donors (Lipinski definition) is 1. The molecule has 0 atom stereocenters. The third-order valence-electron chi connectivity index (χ3n) is 4.59. The molecule has 160 valence electrons. The van der Waals surface area contributed by atoms with E-state index in [9.17, 15) is 19.7 Å². The quantitative estimate of drug-likeness (QED) is 0.383. The lowest BCUT2D eigenvalue weighted by Gasteiger charge is -2.20. The number of carbonyl (C=O) groups excluding carboxylic acids is 2. The van der Waals surface area contributed by atoms with Gasteiger partial charge in [0.1, 0.15) is 11.3 Å². The van der Waals surface area contributed by atoms with Gasteiger partial charge in [0.2, 0.25) is 0 Å². The maximum Gasteiger partial charge on any atom is 0.342 e. The predicted molar refractivity (Wildman–Crippen MR) is 113 cm³/mol. The Morgan fingerprint density at radius 3 is 2.17 bits per heavy atom. The monoisotopic (exact) mass is 414 g/mol. The first-order chi connectivity index (χ1) is 14.1. The van der Waals surface area contributed by atoms with Gasteiger partial charge in [-0.2, -0.15) is 0 Å². The molecule has 1 N–H and O–H groups in total. The highest BCUT2D eigenvalue weighted by Crippen LogP contribution is 2.32. The molecule has 0 saturated carbocycles. The molecule has 0 aromatic heterocycles. The number of methoxy groups -OCH3 is 1. The summed E-state index contributed by atoms with van der Waals surface area (Å²) in [5.41, 5.74) is 2.29. The highest BCUT2D eigenvalue weighted by atomic mass is 16.6. The first-order valence-electron chi connectivity index (χ1n) is 9.57. The second-order valence-electron chi connectivity index (χ2n) is 7.39. The average molecular weight is 414 g/mol. The summed E-state index contributed by atoms with van der Waals surface area (Å²) in [6, 6.07) is 9.44. The molecule has 1 amide bonds. The zero-order valence-corrected chi connectivity index (χ0v) is 17.7. The first-order valence-corrected chi connectivity index (χ1v) is 9.57. The number of hydrogen-bond acceptors (Lipinski definition) is 6. The lowest BCUT2D eigenvalue weighted by molar-refractivity contribution is -0.384. The Labute approximate surface area is 175 Å². The van der Waals surface area contributed by atoms with Crippen LogP contribution in [0, 0.1) is 10.1 Å². The maximum atomic E-state index is 12.5. The number of para-hydroxylation sites is 1. The van der Waals surface area contributed by atoms with Gasteiger partial charge in [0.25, 0.3) is 11.6 Å². The van der Waals surface area contributed by atoms with E-state index in [1.54, 1.807) is 0 Å². The van der Waals surface area contributed by atoms with E-state index in [0.29, 0.717) is 0 Å². The van der Waals surface area contributed by atoms with E-state index in [4.69, 9.17) is 9.47 Å². The molecule has 2 aromatic carbocycles. The minimum Gasteiger partial charge on any atom is -0.496 e. The predicted octanol–water partition coefficient (Wildman–Crippen LogP) is 4.65. The van der Waals surface area contributed by atoms with Crippen molar-refractivity contribution in [2.75, 3.05) is 19.0 Å². The number of ether oxygens (including phenoxy) is 2. The Hall–Kier alpha value is -3.42. The minimum atomic E-state index is -0.882. The van der Waals surface area contributed by atoms with E-state index < -0.39 is 23.4 Å². The topological polar surface area (TPSA) is 108 Å². The van der Waals surface area contributed by atoms with Crippen molar-refractivity contribution in [3.8, 4) is 5.75 Å². The van der Waals surface area contributed by atoms with Crippen LogP contribution in [0.1, 0.15) is 61.0 Å². The van der Waals surface area contributed by atoms with Crippen LogP contribution in [0.25, 0.3) is 0 Å². The van der Waals surface area contributed by atoms with Crippen molar-refractivity contribution in [3.05, 3.63) is 63.2 Å². The highest BCUT2D eigenvalue weighted by molar-refractivity contribution is 5.98. The average Bonchev–Trinajstić information content (AvgIpc) is 2.71. The summed E-state index contributed by atoms with van der Waals surface area (Å²) in [7, 11) is 1.33. The lowest BCUT2D eigenvalue weighted by atomic mass is 9.92. The first kappa shape index (κ1) is 22.9. The SMILES string of the molecule is COc1ccc([N+](=O)[O-])cc1C(=O)OCC(=O)Nc1c(C(C)C)cccc1C(C)C. The van der Waals surface area contributed by atoms with Crippen molar-refractivity contribution in [2.45, 2.75) is 39.5 Å². The number of carbonyl (C=O) groups is 2. The van der Waals surface area contributed by atoms with Crippen LogP contribution in [-0.2, 0) is 9.53 Å². The number of anilines is 1. The number of benzene rings is 2. The zero-order chi connectivity index (χ0) is 22.4. The van der Waals surface area contributed by atoms with Gasteiger partial charge in [-0.1, -0.05) is 45.9 Å². The maximum absolute atomic E-state index is 12.5. The Bertz CT molecular complexity index is 926. The summed E-state index contributed by atoms with van der Waals surface area (Å²) in [6.45, 7) is 7.59. The molecule has 0 unspecified atom stereocenters. The molecule has 0 heterocycles. The molecule has 2 aromatic rings. The van der Waals surface area contributed by atoms with E-state index in [-0.39, 0.29) is 28.8 Å². The molecule has 2 rings (SSSR count). The number of esters is 1. The fraction of sp³-hybridized carbons (Fsp3) is 0.364. The van der Waals surface area contributed by atoms with Gasteiger partial charge in [-0.05, 0) is 29.0 Å². The lowest BCUT2D eigenvalue weighted by Crippen LogP contribution is -2.23. The van der Waals surface area contributed by atoms with Gasteiger partial charge < -0.3 is 14.8 Å². The summed E-state index contributed by atoms with van der Waals surface area (Å²) in [5.74, 6) is -0.876. The van der Waals surface area contributed by atoms with E-state index in [1.807, 2.05) is 45.9 Å². The van der Waals surface area contributed by atoms with Crippen molar-refractivity contribution in [1.29, 1.82) is 0 Å². The van der Waals surface area contributed by atoms with Gasteiger partial charge in [-0.3, -0.25) is 14.9 Å². The summed E-state index contributed by atoms with van der Waals surface area (Å²) < 4.78 is 10.2. The second-order valence-corrected chi connectivity index (χ2v) is 7.39. The number of non-ortho nitro benzene ring substituents is 1. The number of nitrogens with zero attached hydrogens (tertiary/aromatic N) is 1. The Kier molecular flexibility index (Phi) is 7.52. The third kappa shape index (κ3) is 5.34. The number of nitro benzene ring substituents is 1. The van der Waals surface area contributed by atoms with Crippen molar-refractivity contribution in [2.24, 2.45) is 0 Å². The number of rotatable bonds is 8. The number of nitrogens with one attached hydrogen (secondary N) is 1. The van der Waals surface area contributed by atoms with Crippen LogP contribution in [0.2, 0.25) is 0 Å². The molecule has 0 radical (unpaired) electrons. The van der Waals surface area contributed by atoms with E-state index in [2.05, 4.69) is 5.32 Å². The van der Waals surface area contributed by atoms with Crippen LogP contribution >= 0.6 is 0 Å². The number of nitro groups is 1. The van der Waals surface area contributed by atoms with Gasteiger partial charge >= 0.3 is 5.97 Å². The minimum absolute atomic E-state index is 0.120. The molecular formula is C22H26N2O6. The fourth-order valence-corrected chi connectivity index (χ4v) is 3.05. The van der Waals surface area contributed by atoms with Gasteiger partial charge in [0, 0.05) is 17.8 Å². The smallest absolute Gasteiger partial charge is 0.342 e. The Morgan fingerprint density at radius 1 is 1.07 bits per heavy atom. The molecular weight excluding hydrogens is 388 g/mol. The van der Waals surface area contributed by atoms with Gasteiger partial charge in [0.05, 0.1) is 12.0 Å². The summed E-state index contributed by atoms with van der Waals surface area (Å²) in [6.07, 6.45) is 0. The molecule has 8 heteroatoms. The molecule has 0 saturated heterocycles. The third-order valence-corrected chi connectivity index (χ3v) is 4.59. The second kappa shape index (κ2) is 9.87. The zero-order valence-electron chi connectivity index (χ0n) is 17.7. The number of amides is 1. The van der Waals surface area contributed by atoms with Crippen LogP contribution in [0.3, 0.4) is 0 Å². The molecule has 0 bridgehead atoms. The van der Waals surface area contributed by atoms with E-state index in [0.717, 1.165) is 22.9 Å². The van der Waals surface area contributed by atoms with Gasteiger partial charge in [-0.25, -0.2) is 4.79 Å². The van der Waals surface area contributed by atoms with Gasteiger partial charge in [-0.15, -0.1) is 0 Å². The van der Waals surface area contributed by atoms with Gasteiger partial charge in [0.15, 0.2) is 6.61 Å². The van der Waals surface area contributed by atoms with Crippen molar-refractivity contribution < 1.29 is 24.0 Å². The molecule has 0 aliphatic heterocycles. The Morgan fingerprint density at radius 2 is 1.67 bits per heavy atom. The highest BCUT2D eigenvalue weighted by Gasteiger charge is 2.21. The van der Waals surface area contributed by atoms with Crippen LogP contribution < -0.4 is 10.1 Å². The standard InChI is InChI=1S/C22H26N2O6/c1-13(2)16-7-6-8-17(14(3)4)21(16)23-20(25)12-30-22(26)18-11-15(24(27)28)9-10-19(18)29-5/h6-11,13-14H,12H2,1-5H3,(H,23,25). The van der Waals surface area contributed by atoms with Crippen molar-refractivity contribution >= 4 is 23.3 Å². The van der Waals surface area contributed by atoms with E-state index in [1.165, 1.54) is 19.2 Å². The van der Waals surface area contributed by atoms with Crippen LogP contribution in [0.15, 0.2) is 36.4 Å². The molecule has 0 aliphatic carbocycles. The summed E-state index contributed by atoms with van der Waals surface area (Å²) in [4.78, 5) is 35.2. The molecule has 0 aliphatic rings. The van der Waals surface area contributed by atoms with Crippen LogP contribution in [0.5, 0.6) is 5.75 Å². The molecule has 30 heavy (non-hydrogen) atoms. The largest absolute Gasteiger partial charge is 0.496 e. The Balaban J connectivity index is 2.17. The van der Waals surface area contributed by atoms with Crippen molar-refractivity contribution in [1.82, 2.24) is 0 Å². The molecule has 0 spiro atoms. The normalized spacial score (nSPS) is 10.8. The summed E-state index contributed by atoms with van der Waals surface area (Å²) >= 11 is 0. The summed E-state index contributed by atoms with van der Waals surface area (Å²) in [5, 5.41) is 13.8. The van der Waals surface area contributed by atoms with E-state index >= 15 is 0 Å². The molecule has 0 fully saturated rings. The fourth-order valence-electron chi connectivity index (χ4n) is 3.05. The van der Waals surface area contributed by atoms with Crippen molar-refractivity contribution in [3.63, 3.8) is 0 Å².